The second-order valence-electron chi connectivity index (χ2n) is 6.89. The van der Waals surface area contributed by atoms with E-state index in [1.54, 1.807) is 74.6 Å². The van der Waals surface area contributed by atoms with Gasteiger partial charge in [-0.2, -0.15) is 4.31 Å². The van der Waals surface area contributed by atoms with Crippen LogP contribution in [-0.2, 0) is 23.1 Å². The molecule has 0 N–H and O–H groups in total. The van der Waals surface area contributed by atoms with E-state index in [4.69, 9.17) is 8.83 Å². The molecule has 30 heavy (non-hydrogen) atoms. The van der Waals surface area contributed by atoms with Crippen molar-refractivity contribution in [1.82, 2.24) is 9.21 Å². The fourth-order valence-electron chi connectivity index (χ4n) is 3.28. The zero-order valence-corrected chi connectivity index (χ0v) is 18.2. The quantitative estimate of drug-likeness (QED) is 0.511. The van der Waals surface area contributed by atoms with Crippen molar-refractivity contribution in [2.45, 2.75) is 38.8 Å². The molecule has 0 aliphatic heterocycles. The fraction of sp³-hybridized carbons (Fsp3) is 0.318. The number of hydrogen-bond acceptors (Lipinski definition) is 5. The van der Waals surface area contributed by atoms with Crippen molar-refractivity contribution in [1.29, 1.82) is 0 Å². The zero-order chi connectivity index (χ0) is 21.7. The van der Waals surface area contributed by atoms with Crippen molar-refractivity contribution in [3.05, 3.63) is 77.6 Å². The van der Waals surface area contributed by atoms with E-state index < -0.39 is 10.0 Å². The van der Waals surface area contributed by atoms with Crippen LogP contribution in [-0.4, -0.2) is 36.6 Å². The number of benzene rings is 1. The van der Waals surface area contributed by atoms with Crippen LogP contribution in [0.2, 0.25) is 0 Å². The monoisotopic (exact) mass is 430 g/mol. The van der Waals surface area contributed by atoms with Crippen LogP contribution in [0.1, 0.15) is 41.3 Å². The van der Waals surface area contributed by atoms with E-state index in [9.17, 15) is 13.2 Å². The van der Waals surface area contributed by atoms with Crippen LogP contribution in [0.25, 0.3) is 0 Å². The lowest BCUT2D eigenvalue weighted by Gasteiger charge is -2.23. The van der Waals surface area contributed by atoms with Gasteiger partial charge in [0.05, 0.1) is 30.5 Å². The molecule has 0 saturated heterocycles. The molecule has 0 radical (unpaired) electrons. The molecule has 0 saturated carbocycles. The number of nitrogens with zero attached hydrogens (tertiary/aromatic N) is 2. The molecule has 0 unspecified atom stereocenters. The van der Waals surface area contributed by atoms with Gasteiger partial charge in [-0.3, -0.25) is 4.79 Å². The van der Waals surface area contributed by atoms with Gasteiger partial charge in [-0.05, 0) is 48.9 Å². The minimum Gasteiger partial charge on any atom is -0.467 e. The molecule has 0 bridgehead atoms. The first-order chi connectivity index (χ1) is 14.4. The van der Waals surface area contributed by atoms with Crippen molar-refractivity contribution < 1.29 is 22.0 Å². The second kappa shape index (κ2) is 9.32. The number of aryl methyl sites for hydroxylation is 1. The maximum atomic E-state index is 13.3. The van der Waals surface area contributed by atoms with E-state index in [0.717, 1.165) is 0 Å². The van der Waals surface area contributed by atoms with E-state index in [-0.39, 0.29) is 23.9 Å². The van der Waals surface area contributed by atoms with Crippen molar-refractivity contribution in [3.8, 4) is 0 Å². The summed E-state index contributed by atoms with van der Waals surface area (Å²) in [7, 11) is -3.69. The van der Waals surface area contributed by atoms with Gasteiger partial charge in [0, 0.05) is 18.7 Å². The summed E-state index contributed by atoms with van der Waals surface area (Å²) in [4.78, 5) is 15.0. The molecule has 0 aliphatic carbocycles. The third kappa shape index (κ3) is 4.66. The molecule has 0 fully saturated rings. The average Bonchev–Trinajstić information content (AvgIpc) is 3.42. The van der Waals surface area contributed by atoms with Crippen molar-refractivity contribution in [2.75, 3.05) is 13.1 Å². The number of furan rings is 2. The summed E-state index contributed by atoms with van der Waals surface area (Å²) < 4.78 is 38.3. The van der Waals surface area contributed by atoms with E-state index >= 15 is 0 Å². The average molecular weight is 431 g/mol. The molecule has 0 atom stereocenters. The predicted octanol–water partition coefficient (Wildman–Crippen LogP) is 4.05. The van der Waals surface area contributed by atoms with Crippen molar-refractivity contribution >= 4 is 15.9 Å². The van der Waals surface area contributed by atoms with Crippen LogP contribution in [0.3, 0.4) is 0 Å². The second-order valence-corrected chi connectivity index (χ2v) is 8.80. The number of hydrogen-bond donors (Lipinski definition) is 0. The molecule has 0 spiro atoms. The zero-order valence-electron chi connectivity index (χ0n) is 17.4. The van der Waals surface area contributed by atoms with Crippen LogP contribution in [0, 0.1) is 6.92 Å². The molecule has 3 rings (SSSR count). The molecule has 7 nitrogen and oxygen atoms in total. The maximum absolute atomic E-state index is 13.3. The highest BCUT2D eigenvalue weighted by molar-refractivity contribution is 7.89. The highest BCUT2D eigenvalue weighted by Gasteiger charge is 2.26. The first-order valence-electron chi connectivity index (χ1n) is 9.81. The molecular weight excluding hydrogens is 404 g/mol. The summed E-state index contributed by atoms with van der Waals surface area (Å²) >= 11 is 0. The number of rotatable bonds is 9. The number of carbonyl (C=O) groups excluding carboxylic acids is 1. The van der Waals surface area contributed by atoms with Crippen LogP contribution in [0.5, 0.6) is 0 Å². The third-order valence-corrected chi connectivity index (χ3v) is 7.09. The molecule has 1 aromatic carbocycles. The maximum Gasteiger partial charge on any atom is 0.254 e. The molecule has 2 aromatic heterocycles. The third-order valence-electron chi connectivity index (χ3n) is 4.90. The Hall–Kier alpha value is -2.84. The summed E-state index contributed by atoms with van der Waals surface area (Å²) in [6, 6.07) is 11.9. The molecule has 8 heteroatoms. The fourth-order valence-corrected chi connectivity index (χ4v) is 4.99. The summed E-state index contributed by atoms with van der Waals surface area (Å²) in [6.07, 6.45) is 3.09. The van der Waals surface area contributed by atoms with Crippen LogP contribution in [0.4, 0.5) is 0 Å². The highest BCUT2D eigenvalue weighted by Crippen LogP contribution is 2.23. The number of sulfonamides is 1. The lowest BCUT2D eigenvalue weighted by atomic mass is 10.1. The van der Waals surface area contributed by atoms with E-state index in [1.807, 2.05) is 0 Å². The molecule has 3 aromatic rings. The van der Waals surface area contributed by atoms with Gasteiger partial charge in [0.1, 0.15) is 11.5 Å². The van der Waals surface area contributed by atoms with Gasteiger partial charge in [0.15, 0.2) is 0 Å². The molecule has 1 amide bonds. The molecular formula is C22H26N2O5S. The molecule has 160 valence electrons. The molecule has 2 heterocycles. The first kappa shape index (κ1) is 21.9. The van der Waals surface area contributed by atoms with Gasteiger partial charge in [0.2, 0.25) is 10.0 Å². The van der Waals surface area contributed by atoms with Gasteiger partial charge < -0.3 is 13.7 Å². The Labute approximate surface area is 176 Å². The van der Waals surface area contributed by atoms with E-state index in [2.05, 4.69) is 0 Å². The smallest absolute Gasteiger partial charge is 0.254 e. The largest absolute Gasteiger partial charge is 0.467 e. The lowest BCUT2D eigenvalue weighted by Crippen LogP contribution is -2.32. The minimum atomic E-state index is -3.69. The van der Waals surface area contributed by atoms with E-state index in [1.165, 1.54) is 10.4 Å². The molecule has 0 aliphatic rings. The Morgan fingerprint density at radius 3 is 1.97 bits per heavy atom. The van der Waals surface area contributed by atoms with E-state index in [0.29, 0.717) is 35.7 Å². The van der Waals surface area contributed by atoms with Gasteiger partial charge in [-0.1, -0.05) is 19.9 Å². The highest BCUT2D eigenvalue weighted by atomic mass is 32.2. The van der Waals surface area contributed by atoms with Gasteiger partial charge >= 0.3 is 0 Å². The Balaban J connectivity index is 1.96. The summed E-state index contributed by atoms with van der Waals surface area (Å²) in [5, 5.41) is 0. The number of amides is 1. The lowest BCUT2D eigenvalue weighted by molar-refractivity contribution is 0.0704. The van der Waals surface area contributed by atoms with Crippen molar-refractivity contribution in [2.24, 2.45) is 0 Å². The Morgan fingerprint density at radius 2 is 1.50 bits per heavy atom. The number of carbonyl (C=O) groups is 1. The topological polar surface area (TPSA) is 84.0 Å². The summed E-state index contributed by atoms with van der Waals surface area (Å²) in [5.74, 6) is 0.940. The normalized spacial score (nSPS) is 11.7. The summed E-state index contributed by atoms with van der Waals surface area (Å²) in [6.45, 7) is 6.50. The minimum absolute atomic E-state index is 0.146. The van der Waals surface area contributed by atoms with Crippen molar-refractivity contribution in [3.63, 3.8) is 0 Å². The Morgan fingerprint density at radius 1 is 0.933 bits per heavy atom. The van der Waals surface area contributed by atoms with Crippen LogP contribution in [0.15, 0.2) is 68.7 Å². The van der Waals surface area contributed by atoms with Crippen LogP contribution >= 0.6 is 0 Å². The Kier molecular flexibility index (Phi) is 6.79. The summed E-state index contributed by atoms with van der Waals surface area (Å²) in [5.41, 5.74) is 0.895. The van der Waals surface area contributed by atoms with Gasteiger partial charge in [0.25, 0.3) is 5.91 Å². The predicted molar refractivity (Wildman–Crippen MR) is 112 cm³/mol. The standard InChI is InChI=1S/C22H26N2O5S/c1-4-24(5-2)30(26,27)21-14-18(11-10-17(21)3)22(25)23(15-19-8-6-12-28-19)16-20-9-7-13-29-20/h6-14H,4-5,15-16H2,1-3H3. The van der Waals surface area contributed by atoms with Gasteiger partial charge in [-0.25, -0.2) is 8.42 Å². The SMILES string of the molecule is CCN(CC)S(=O)(=O)c1cc(C(=O)N(Cc2ccco2)Cc2ccco2)ccc1C. The first-order valence-corrected chi connectivity index (χ1v) is 11.3. The van der Waals surface area contributed by atoms with Gasteiger partial charge in [-0.15, -0.1) is 0 Å². The van der Waals surface area contributed by atoms with Crippen LogP contribution < -0.4 is 0 Å². The Bertz CT molecular complexity index is 1030.